The Bertz CT molecular complexity index is 735. The maximum absolute atomic E-state index is 12.1. The fourth-order valence-electron chi connectivity index (χ4n) is 1.58. The molecule has 0 spiro atoms. The summed E-state index contributed by atoms with van der Waals surface area (Å²) in [6.07, 6.45) is 0. The third-order valence-electron chi connectivity index (χ3n) is 2.54. The Morgan fingerprint density at radius 1 is 0.952 bits per heavy atom. The van der Waals surface area contributed by atoms with Gasteiger partial charge in [0.25, 0.3) is 0 Å². The molecule has 0 bridgehead atoms. The Kier molecular flexibility index (Phi) is 4.99. The van der Waals surface area contributed by atoms with Crippen molar-refractivity contribution in [1.82, 2.24) is 0 Å². The van der Waals surface area contributed by atoms with E-state index in [9.17, 15) is 4.79 Å². The molecule has 0 heterocycles. The molecular formula is C14H7Cl3N2O2. The van der Waals surface area contributed by atoms with Crippen molar-refractivity contribution in [2.75, 3.05) is 0 Å². The van der Waals surface area contributed by atoms with E-state index in [0.29, 0.717) is 0 Å². The molecule has 2 rings (SSSR count). The van der Waals surface area contributed by atoms with E-state index in [0.717, 1.165) is 0 Å². The second-order valence-electron chi connectivity index (χ2n) is 3.87. The monoisotopic (exact) mass is 340 g/mol. The second kappa shape index (κ2) is 6.74. The van der Waals surface area contributed by atoms with E-state index < -0.39 is 5.97 Å². The zero-order chi connectivity index (χ0) is 15.4. The van der Waals surface area contributed by atoms with Crippen molar-refractivity contribution in [2.24, 2.45) is 0 Å². The number of halogens is 3. The van der Waals surface area contributed by atoms with E-state index in [-0.39, 0.29) is 32.1 Å². The van der Waals surface area contributed by atoms with Crippen LogP contribution in [0.2, 0.25) is 15.1 Å². The zero-order valence-corrected chi connectivity index (χ0v) is 12.7. The fourth-order valence-corrected chi connectivity index (χ4v) is 2.28. The molecular weight excluding hydrogens is 335 g/mol. The lowest BCUT2D eigenvalue weighted by atomic mass is 10.1. The van der Waals surface area contributed by atoms with E-state index in [1.165, 1.54) is 18.2 Å². The van der Waals surface area contributed by atoms with Gasteiger partial charge in [-0.15, -0.1) is 0 Å². The minimum absolute atomic E-state index is 0.0148. The van der Waals surface area contributed by atoms with Crippen molar-refractivity contribution < 1.29 is 14.3 Å². The van der Waals surface area contributed by atoms with Crippen LogP contribution in [0, 0.1) is 0 Å². The third-order valence-corrected chi connectivity index (χ3v) is 3.46. The van der Waals surface area contributed by atoms with Crippen molar-refractivity contribution in [3.63, 3.8) is 0 Å². The van der Waals surface area contributed by atoms with Crippen LogP contribution >= 0.6 is 34.8 Å². The number of esters is 1. The van der Waals surface area contributed by atoms with Crippen LogP contribution in [0.4, 0.5) is 0 Å². The summed E-state index contributed by atoms with van der Waals surface area (Å²) in [5, 5.41) is 0.562. The van der Waals surface area contributed by atoms with Gasteiger partial charge in [-0.1, -0.05) is 53.0 Å². The zero-order valence-electron chi connectivity index (χ0n) is 10.4. The minimum atomic E-state index is -0.930. The van der Waals surface area contributed by atoms with E-state index >= 15 is 0 Å². The highest BCUT2D eigenvalue weighted by molar-refractivity contribution is 6.46. The summed E-state index contributed by atoms with van der Waals surface area (Å²) in [6.45, 7) is 0. The lowest BCUT2D eigenvalue weighted by Gasteiger charge is -2.06. The van der Waals surface area contributed by atoms with Crippen LogP contribution in [-0.4, -0.2) is 16.5 Å². The lowest BCUT2D eigenvalue weighted by Crippen LogP contribution is -2.23. The van der Waals surface area contributed by atoms with Gasteiger partial charge in [-0.2, -0.15) is 4.79 Å². The number of ether oxygens (including phenoxy) is 1. The van der Waals surface area contributed by atoms with Crippen molar-refractivity contribution in [1.29, 1.82) is 0 Å². The van der Waals surface area contributed by atoms with Crippen molar-refractivity contribution in [3.05, 3.63) is 68.6 Å². The highest BCUT2D eigenvalue weighted by Gasteiger charge is 2.28. The summed E-state index contributed by atoms with van der Waals surface area (Å²) in [4.78, 5) is 15.1. The molecule has 0 aromatic heterocycles. The van der Waals surface area contributed by atoms with Gasteiger partial charge < -0.3 is 10.3 Å². The van der Waals surface area contributed by atoms with Crippen molar-refractivity contribution in [2.45, 2.75) is 0 Å². The van der Waals surface area contributed by atoms with Crippen LogP contribution < -0.4 is 4.74 Å². The summed E-state index contributed by atoms with van der Waals surface area (Å²) in [6, 6.07) is 11.0. The highest BCUT2D eigenvalue weighted by atomic mass is 35.5. The predicted octanol–water partition coefficient (Wildman–Crippen LogP) is 4.27. The molecule has 0 saturated carbocycles. The summed E-state index contributed by atoms with van der Waals surface area (Å²) < 4.78 is 5.09. The van der Waals surface area contributed by atoms with Gasteiger partial charge in [-0.05, 0) is 24.3 Å². The number of hydrogen-bond donors (Lipinski definition) is 0. The molecule has 2 aromatic rings. The second-order valence-corrected chi connectivity index (χ2v) is 5.09. The third kappa shape index (κ3) is 3.43. The standard InChI is InChI=1S/C14H7Cl3N2O2/c15-9-5-2-1-4-8(9)12(19-18)14(20)21-13-10(16)6-3-7-11(13)17/h1-7H. The van der Waals surface area contributed by atoms with E-state index in [1.54, 1.807) is 24.3 Å². The summed E-state index contributed by atoms with van der Waals surface area (Å²) >= 11 is 17.8. The normalized spacial score (nSPS) is 9.86. The van der Waals surface area contributed by atoms with E-state index in [2.05, 4.69) is 4.79 Å². The van der Waals surface area contributed by atoms with Crippen LogP contribution in [0.5, 0.6) is 5.75 Å². The first-order chi connectivity index (χ1) is 10.0. The summed E-state index contributed by atoms with van der Waals surface area (Å²) in [5.74, 6) is -0.945. The quantitative estimate of drug-likeness (QED) is 0.275. The maximum atomic E-state index is 12.1. The largest absolute Gasteiger partial charge is 0.427 e. The average Bonchev–Trinajstić information content (AvgIpc) is 2.46. The first-order valence-corrected chi connectivity index (χ1v) is 6.81. The molecule has 0 aliphatic heterocycles. The van der Waals surface area contributed by atoms with Crippen LogP contribution in [0.1, 0.15) is 5.56 Å². The molecule has 4 nitrogen and oxygen atoms in total. The molecule has 0 saturated heterocycles. The molecule has 0 amide bonds. The molecule has 2 aromatic carbocycles. The van der Waals surface area contributed by atoms with Gasteiger partial charge in [0, 0.05) is 0 Å². The van der Waals surface area contributed by atoms with Gasteiger partial charge in [0.2, 0.25) is 0 Å². The first kappa shape index (κ1) is 15.5. The topological polar surface area (TPSA) is 62.7 Å². The number of para-hydroxylation sites is 1. The molecule has 0 N–H and O–H groups in total. The van der Waals surface area contributed by atoms with Crippen molar-refractivity contribution >= 4 is 46.5 Å². The number of hydrogen-bond acceptors (Lipinski definition) is 2. The number of carbonyl (C=O) groups excluding carboxylic acids is 1. The molecule has 0 fully saturated rings. The first-order valence-electron chi connectivity index (χ1n) is 5.67. The minimum Gasteiger partial charge on any atom is -0.414 e. The van der Waals surface area contributed by atoms with Crippen LogP contribution in [0.15, 0.2) is 42.5 Å². The van der Waals surface area contributed by atoms with Gasteiger partial charge in [-0.3, -0.25) is 0 Å². The van der Waals surface area contributed by atoms with Gasteiger partial charge in [0.15, 0.2) is 5.75 Å². The van der Waals surface area contributed by atoms with Crippen LogP contribution in [0.3, 0.4) is 0 Å². The molecule has 0 unspecified atom stereocenters. The van der Waals surface area contributed by atoms with E-state index in [4.69, 9.17) is 45.1 Å². The Balaban J connectivity index is 2.36. The molecule has 106 valence electrons. The number of rotatable bonds is 3. The number of nitrogens with zero attached hydrogens (tertiary/aromatic N) is 2. The molecule has 0 aliphatic rings. The molecule has 21 heavy (non-hydrogen) atoms. The number of benzene rings is 2. The van der Waals surface area contributed by atoms with Crippen LogP contribution in [0.25, 0.3) is 5.53 Å². The Hall–Kier alpha value is -1.84. The molecule has 0 aliphatic carbocycles. The SMILES string of the molecule is [N-]=[N+]=C(C(=O)Oc1c(Cl)cccc1Cl)c1ccccc1Cl. The predicted molar refractivity (Wildman–Crippen MR) is 81.3 cm³/mol. The summed E-state index contributed by atoms with van der Waals surface area (Å²) in [5.41, 5.74) is 8.93. The Morgan fingerprint density at radius 2 is 1.52 bits per heavy atom. The van der Waals surface area contributed by atoms with Crippen molar-refractivity contribution in [3.8, 4) is 5.75 Å². The van der Waals surface area contributed by atoms with Gasteiger partial charge in [0.05, 0.1) is 20.6 Å². The van der Waals surface area contributed by atoms with Gasteiger partial charge in [0.1, 0.15) is 0 Å². The van der Waals surface area contributed by atoms with Gasteiger partial charge in [-0.25, -0.2) is 4.79 Å². The maximum Gasteiger partial charge on any atom is 0.427 e. The smallest absolute Gasteiger partial charge is 0.414 e. The molecule has 0 radical (unpaired) electrons. The fraction of sp³-hybridized carbons (Fsp3) is 0. The summed E-state index contributed by atoms with van der Waals surface area (Å²) in [7, 11) is 0. The van der Waals surface area contributed by atoms with Crippen LogP contribution in [-0.2, 0) is 4.79 Å². The molecule has 7 heteroatoms. The van der Waals surface area contributed by atoms with Gasteiger partial charge >= 0.3 is 11.7 Å². The average molecular weight is 342 g/mol. The Labute approximate surface area is 135 Å². The number of carbonyl (C=O) groups is 1. The highest BCUT2D eigenvalue weighted by Crippen LogP contribution is 2.32. The lowest BCUT2D eigenvalue weighted by molar-refractivity contribution is -0.131. The Morgan fingerprint density at radius 3 is 2.10 bits per heavy atom. The van der Waals surface area contributed by atoms with E-state index in [1.807, 2.05) is 0 Å². The molecule has 0 atom stereocenters.